The van der Waals surface area contributed by atoms with E-state index in [0.717, 1.165) is 22.5 Å². The number of nitrogens with two attached hydrogens (primary N) is 1. The summed E-state index contributed by atoms with van der Waals surface area (Å²) in [4.78, 5) is 12.4. The van der Waals surface area contributed by atoms with Crippen molar-refractivity contribution in [3.05, 3.63) is 56.5 Å². The Morgan fingerprint density at radius 2 is 1.89 bits per heavy atom. The van der Waals surface area contributed by atoms with Crippen LogP contribution >= 0.6 is 0 Å². The van der Waals surface area contributed by atoms with Crippen molar-refractivity contribution in [2.45, 2.75) is 34.2 Å². The molecule has 0 radical (unpaired) electrons. The molecule has 0 aliphatic carbocycles. The normalized spacial score (nSPS) is 10.8. The summed E-state index contributed by atoms with van der Waals surface area (Å²) in [6.45, 7) is 8.04. The molecule has 0 unspecified atom stereocenters. The van der Waals surface area contributed by atoms with Gasteiger partial charge < -0.3 is 5.73 Å². The topological polar surface area (TPSA) is 60.9 Å². The molecular weight excluding hydrogens is 238 g/mol. The second kappa shape index (κ2) is 4.97. The van der Waals surface area contributed by atoms with Gasteiger partial charge in [0.05, 0.1) is 11.4 Å². The number of hydrogen-bond acceptors (Lipinski definition) is 3. The SMILES string of the molecule is Cc1ccc(-n2nc(C)c(CN)c(C)c2=O)c(C)c1. The summed E-state index contributed by atoms with van der Waals surface area (Å²) in [5.74, 6) is 0. The summed E-state index contributed by atoms with van der Waals surface area (Å²) in [5.41, 5.74) is 10.9. The van der Waals surface area contributed by atoms with Crippen molar-refractivity contribution in [3.63, 3.8) is 0 Å². The Morgan fingerprint density at radius 1 is 1.21 bits per heavy atom. The molecule has 19 heavy (non-hydrogen) atoms. The summed E-state index contributed by atoms with van der Waals surface area (Å²) < 4.78 is 1.47. The Morgan fingerprint density at radius 3 is 2.47 bits per heavy atom. The van der Waals surface area contributed by atoms with Crippen molar-refractivity contribution in [2.24, 2.45) is 5.73 Å². The monoisotopic (exact) mass is 257 g/mol. The summed E-state index contributed by atoms with van der Waals surface area (Å²) in [6, 6.07) is 5.96. The van der Waals surface area contributed by atoms with Crippen LogP contribution in [-0.4, -0.2) is 9.78 Å². The van der Waals surface area contributed by atoms with Crippen molar-refractivity contribution in [2.75, 3.05) is 0 Å². The van der Waals surface area contributed by atoms with Crippen LogP contribution in [0.3, 0.4) is 0 Å². The summed E-state index contributed by atoms with van der Waals surface area (Å²) in [7, 11) is 0. The molecular formula is C15H19N3O. The summed E-state index contributed by atoms with van der Waals surface area (Å²) >= 11 is 0. The van der Waals surface area contributed by atoms with E-state index in [1.165, 1.54) is 10.2 Å². The van der Waals surface area contributed by atoms with Crippen molar-refractivity contribution in [3.8, 4) is 5.69 Å². The van der Waals surface area contributed by atoms with E-state index in [4.69, 9.17) is 5.73 Å². The quantitative estimate of drug-likeness (QED) is 0.894. The maximum Gasteiger partial charge on any atom is 0.274 e. The van der Waals surface area contributed by atoms with Gasteiger partial charge in [-0.2, -0.15) is 9.78 Å². The smallest absolute Gasteiger partial charge is 0.274 e. The van der Waals surface area contributed by atoms with E-state index >= 15 is 0 Å². The second-order valence-electron chi connectivity index (χ2n) is 4.90. The van der Waals surface area contributed by atoms with Gasteiger partial charge in [0.25, 0.3) is 5.56 Å². The van der Waals surface area contributed by atoms with E-state index in [2.05, 4.69) is 5.10 Å². The maximum atomic E-state index is 12.4. The third-order valence-electron chi connectivity index (χ3n) is 3.44. The first-order chi connectivity index (χ1) is 8.95. The van der Waals surface area contributed by atoms with E-state index in [1.807, 2.05) is 39.0 Å². The zero-order valence-electron chi connectivity index (χ0n) is 11.8. The molecule has 0 aliphatic heterocycles. The van der Waals surface area contributed by atoms with Crippen LogP contribution in [-0.2, 0) is 6.54 Å². The molecule has 1 aromatic heterocycles. The number of aryl methyl sites for hydroxylation is 3. The lowest BCUT2D eigenvalue weighted by Crippen LogP contribution is -2.27. The zero-order chi connectivity index (χ0) is 14.2. The van der Waals surface area contributed by atoms with E-state index in [9.17, 15) is 4.79 Å². The minimum atomic E-state index is -0.0991. The van der Waals surface area contributed by atoms with E-state index in [0.29, 0.717) is 12.1 Å². The fraction of sp³-hybridized carbons (Fsp3) is 0.333. The van der Waals surface area contributed by atoms with Crippen molar-refractivity contribution in [1.29, 1.82) is 0 Å². The van der Waals surface area contributed by atoms with Gasteiger partial charge >= 0.3 is 0 Å². The molecule has 0 aliphatic rings. The average molecular weight is 257 g/mol. The Bertz CT molecular complexity index is 687. The zero-order valence-corrected chi connectivity index (χ0v) is 11.8. The van der Waals surface area contributed by atoms with Crippen molar-refractivity contribution >= 4 is 0 Å². The summed E-state index contributed by atoms with van der Waals surface area (Å²) in [5, 5.41) is 4.39. The van der Waals surface area contributed by atoms with Crippen molar-refractivity contribution in [1.82, 2.24) is 9.78 Å². The molecule has 0 amide bonds. The van der Waals surface area contributed by atoms with Crippen LogP contribution in [0.25, 0.3) is 5.69 Å². The van der Waals surface area contributed by atoms with Gasteiger partial charge in [0.15, 0.2) is 0 Å². The first kappa shape index (κ1) is 13.5. The van der Waals surface area contributed by atoms with Gasteiger partial charge in [0, 0.05) is 12.1 Å². The highest BCUT2D eigenvalue weighted by atomic mass is 16.1. The lowest BCUT2D eigenvalue weighted by molar-refractivity contribution is 0.751. The fourth-order valence-corrected chi connectivity index (χ4v) is 2.32. The van der Waals surface area contributed by atoms with Crippen LogP contribution in [0.15, 0.2) is 23.0 Å². The van der Waals surface area contributed by atoms with Crippen LogP contribution in [0.4, 0.5) is 0 Å². The molecule has 1 aromatic carbocycles. The largest absolute Gasteiger partial charge is 0.326 e. The van der Waals surface area contributed by atoms with Gasteiger partial charge in [-0.1, -0.05) is 17.7 Å². The first-order valence-corrected chi connectivity index (χ1v) is 6.32. The molecule has 0 saturated carbocycles. The van der Waals surface area contributed by atoms with Gasteiger partial charge in [-0.3, -0.25) is 4.79 Å². The average Bonchev–Trinajstić information content (AvgIpc) is 2.35. The number of rotatable bonds is 2. The molecule has 0 saturated heterocycles. The number of hydrogen-bond donors (Lipinski definition) is 1. The van der Waals surface area contributed by atoms with Crippen LogP contribution in [0.5, 0.6) is 0 Å². The molecule has 4 heteroatoms. The molecule has 0 fully saturated rings. The van der Waals surface area contributed by atoms with Crippen LogP contribution < -0.4 is 11.3 Å². The van der Waals surface area contributed by atoms with E-state index in [1.54, 1.807) is 6.92 Å². The Hall–Kier alpha value is -1.94. The van der Waals surface area contributed by atoms with Crippen LogP contribution in [0, 0.1) is 27.7 Å². The number of benzene rings is 1. The molecule has 2 N–H and O–H groups in total. The van der Waals surface area contributed by atoms with E-state index < -0.39 is 0 Å². The lowest BCUT2D eigenvalue weighted by Gasteiger charge is -2.13. The minimum absolute atomic E-state index is 0.0991. The van der Waals surface area contributed by atoms with Gasteiger partial charge in [0.1, 0.15) is 0 Å². The summed E-state index contributed by atoms with van der Waals surface area (Å²) in [6.07, 6.45) is 0. The third-order valence-corrected chi connectivity index (χ3v) is 3.44. The number of aromatic nitrogens is 2. The molecule has 100 valence electrons. The Kier molecular flexibility index (Phi) is 3.53. The first-order valence-electron chi connectivity index (χ1n) is 6.32. The molecule has 0 spiro atoms. The molecule has 2 rings (SSSR count). The predicted octanol–water partition coefficient (Wildman–Crippen LogP) is 1.92. The highest BCUT2D eigenvalue weighted by Gasteiger charge is 2.12. The van der Waals surface area contributed by atoms with Crippen molar-refractivity contribution < 1.29 is 0 Å². The highest BCUT2D eigenvalue weighted by Crippen LogP contribution is 2.15. The lowest BCUT2D eigenvalue weighted by atomic mass is 10.1. The minimum Gasteiger partial charge on any atom is -0.326 e. The standard InChI is InChI=1S/C15H19N3O/c1-9-5-6-14(10(2)7-9)18-15(19)11(3)13(8-16)12(4)17-18/h5-7H,8,16H2,1-4H3. The van der Waals surface area contributed by atoms with Gasteiger partial charge in [-0.15, -0.1) is 0 Å². The van der Waals surface area contributed by atoms with Crippen LogP contribution in [0.2, 0.25) is 0 Å². The molecule has 4 nitrogen and oxygen atoms in total. The van der Waals surface area contributed by atoms with Crippen LogP contribution in [0.1, 0.15) is 27.9 Å². The predicted molar refractivity (Wildman–Crippen MR) is 76.7 cm³/mol. The Labute approximate surface area is 112 Å². The van der Waals surface area contributed by atoms with Gasteiger partial charge in [-0.25, -0.2) is 0 Å². The molecule has 0 atom stereocenters. The Balaban J connectivity index is 2.74. The second-order valence-corrected chi connectivity index (χ2v) is 4.90. The third kappa shape index (κ3) is 2.31. The van der Waals surface area contributed by atoms with Gasteiger partial charge in [0.2, 0.25) is 0 Å². The van der Waals surface area contributed by atoms with Gasteiger partial charge in [-0.05, 0) is 44.9 Å². The molecule has 2 aromatic rings. The highest BCUT2D eigenvalue weighted by molar-refractivity contribution is 5.43. The fourth-order valence-electron chi connectivity index (χ4n) is 2.32. The maximum absolute atomic E-state index is 12.4. The molecule has 0 bridgehead atoms. The van der Waals surface area contributed by atoms with E-state index in [-0.39, 0.29) is 5.56 Å². The number of nitrogens with zero attached hydrogens (tertiary/aromatic N) is 2. The molecule has 1 heterocycles.